The van der Waals surface area contributed by atoms with Crippen LogP contribution in [0.4, 0.5) is 16.4 Å². The van der Waals surface area contributed by atoms with E-state index in [4.69, 9.17) is 5.73 Å². The summed E-state index contributed by atoms with van der Waals surface area (Å²) in [6.07, 6.45) is 6.57. The molecule has 1 heterocycles. The molecule has 0 unspecified atom stereocenters. The van der Waals surface area contributed by atoms with Crippen LogP contribution in [0.2, 0.25) is 0 Å². The average molecular weight is 475 g/mol. The standard InChI is InChI=1S/C27H34N6O2/c1-19-5-2-3-6-24(19)30-27(35)32-26-29-17-23(25(34)31-26)22-11-9-21(10-12-22)18-33(15-4-14-28)16-13-20-7-8-20/h2-3,5-6,9-12,17,20H,4,7-8,13-16,18,28H2,1H3,(H3,29,30,31,32,34,35). The van der Waals surface area contributed by atoms with Crippen molar-refractivity contribution in [3.8, 4) is 11.1 Å². The average Bonchev–Trinajstić information content (AvgIpc) is 3.68. The molecule has 2 amide bonds. The number of nitrogens with two attached hydrogens (primary N) is 1. The molecule has 8 heteroatoms. The molecule has 0 bridgehead atoms. The number of benzene rings is 2. The zero-order valence-electron chi connectivity index (χ0n) is 20.2. The number of carbonyl (C=O) groups is 1. The quantitative estimate of drug-likeness (QED) is 0.330. The third-order valence-corrected chi connectivity index (χ3v) is 6.32. The summed E-state index contributed by atoms with van der Waals surface area (Å²) in [7, 11) is 0. The first-order valence-electron chi connectivity index (χ1n) is 12.3. The summed E-state index contributed by atoms with van der Waals surface area (Å²) in [5.74, 6) is 0.996. The molecule has 1 aromatic heterocycles. The molecule has 0 atom stereocenters. The first-order valence-corrected chi connectivity index (χ1v) is 12.3. The van der Waals surface area contributed by atoms with E-state index in [0.717, 1.165) is 43.1 Å². The molecule has 8 nitrogen and oxygen atoms in total. The van der Waals surface area contributed by atoms with E-state index < -0.39 is 11.6 Å². The lowest BCUT2D eigenvalue weighted by atomic mass is 10.1. The summed E-state index contributed by atoms with van der Waals surface area (Å²) in [4.78, 5) is 34.3. The topological polar surface area (TPSA) is 116 Å². The van der Waals surface area contributed by atoms with Crippen LogP contribution in [0.3, 0.4) is 0 Å². The Hall–Kier alpha value is -3.49. The van der Waals surface area contributed by atoms with Gasteiger partial charge in [-0.15, -0.1) is 0 Å². The van der Waals surface area contributed by atoms with Gasteiger partial charge in [-0.1, -0.05) is 55.3 Å². The van der Waals surface area contributed by atoms with Crippen LogP contribution in [-0.4, -0.2) is 40.5 Å². The van der Waals surface area contributed by atoms with Gasteiger partial charge in [-0.2, -0.15) is 4.98 Å². The Balaban J connectivity index is 1.37. The summed E-state index contributed by atoms with van der Waals surface area (Å²) >= 11 is 0. The largest absolute Gasteiger partial charge is 0.331 e. The number of H-pyrrole nitrogens is 1. The number of aryl methyl sites for hydroxylation is 1. The van der Waals surface area contributed by atoms with Crippen molar-refractivity contribution in [3.63, 3.8) is 0 Å². The van der Waals surface area contributed by atoms with Crippen molar-refractivity contribution in [1.29, 1.82) is 0 Å². The van der Waals surface area contributed by atoms with Gasteiger partial charge in [0, 0.05) is 18.4 Å². The molecule has 1 aliphatic carbocycles. The minimum atomic E-state index is -0.472. The number of amides is 2. The van der Waals surface area contributed by atoms with Crippen molar-refractivity contribution in [2.24, 2.45) is 11.7 Å². The molecule has 4 rings (SSSR count). The van der Waals surface area contributed by atoms with Crippen LogP contribution in [0.15, 0.2) is 59.5 Å². The Morgan fingerprint density at radius 3 is 2.57 bits per heavy atom. The summed E-state index contributed by atoms with van der Waals surface area (Å²) in [5.41, 5.74) is 9.39. The van der Waals surface area contributed by atoms with Gasteiger partial charge in [0.15, 0.2) is 0 Å². The molecule has 1 aliphatic rings. The Morgan fingerprint density at radius 2 is 1.89 bits per heavy atom. The Labute approximate surface area is 206 Å². The first kappa shape index (κ1) is 24.6. The van der Waals surface area contributed by atoms with Gasteiger partial charge < -0.3 is 16.0 Å². The molecule has 1 fully saturated rings. The monoisotopic (exact) mass is 474 g/mol. The van der Waals surface area contributed by atoms with Crippen molar-refractivity contribution in [3.05, 3.63) is 76.2 Å². The first-order chi connectivity index (χ1) is 17.0. The second-order valence-electron chi connectivity index (χ2n) is 9.21. The lowest BCUT2D eigenvalue weighted by Crippen LogP contribution is -2.27. The van der Waals surface area contributed by atoms with Crippen molar-refractivity contribution in [1.82, 2.24) is 14.9 Å². The SMILES string of the molecule is Cc1ccccc1NC(=O)Nc1nc(=O)c(-c2ccc(CN(CCCN)CCC3CC3)cc2)c[nH]1. The number of anilines is 2. The van der Waals surface area contributed by atoms with E-state index in [1.165, 1.54) is 24.8 Å². The van der Waals surface area contributed by atoms with Gasteiger partial charge in [0.2, 0.25) is 5.95 Å². The molecule has 35 heavy (non-hydrogen) atoms. The predicted octanol–water partition coefficient (Wildman–Crippen LogP) is 4.34. The molecular formula is C27H34N6O2. The van der Waals surface area contributed by atoms with E-state index in [1.54, 1.807) is 6.20 Å². The Morgan fingerprint density at radius 1 is 1.11 bits per heavy atom. The maximum atomic E-state index is 12.6. The van der Waals surface area contributed by atoms with Crippen molar-refractivity contribution in [2.45, 2.75) is 39.2 Å². The second kappa shape index (κ2) is 11.8. The van der Waals surface area contributed by atoms with Crippen LogP contribution in [-0.2, 0) is 6.54 Å². The maximum absolute atomic E-state index is 12.6. The Kier molecular flexibility index (Phi) is 8.28. The van der Waals surface area contributed by atoms with Gasteiger partial charge in [0.25, 0.3) is 5.56 Å². The van der Waals surface area contributed by atoms with Gasteiger partial charge >= 0.3 is 6.03 Å². The second-order valence-corrected chi connectivity index (χ2v) is 9.21. The highest BCUT2D eigenvalue weighted by atomic mass is 16.2. The molecule has 5 N–H and O–H groups in total. The molecule has 3 aromatic rings. The van der Waals surface area contributed by atoms with Gasteiger partial charge in [0.05, 0.1) is 5.56 Å². The number of hydrogen-bond donors (Lipinski definition) is 4. The number of urea groups is 1. The number of aromatic nitrogens is 2. The zero-order chi connectivity index (χ0) is 24.6. The number of nitrogens with zero attached hydrogens (tertiary/aromatic N) is 2. The fraction of sp³-hybridized carbons (Fsp3) is 0.370. The van der Waals surface area contributed by atoms with Crippen molar-refractivity contribution >= 4 is 17.7 Å². The van der Waals surface area contributed by atoms with Crippen LogP contribution in [0, 0.1) is 12.8 Å². The lowest BCUT2D eigenvalue weighted by Gasteiger charge is -2.22. The van der Waals surface area contributed by atoms with E-state index in [9.17, 15) is 9.59 Å². The molecule has 2 aromatic carbocycles. The van der Waals surface area contributed by atoms with Crippen LogP contribution in [0.5, 0.6) is 0 Å². The van der Waals surface area contributed by atoms with Crippen LogP contribution >= 0.6 is 0 Å². The van der Waals surface area contributed by atoms with E-state index in [-0.39, 0.29) is 5.95 Å². The van der Waals surface area contributed by atoms with E-state index in [0.29, 0.717) is 17.8 Å². The fourth-order valence-electron chi connectivity index (χ4n) is 4.05. The summed E-state index contributed by atoms with van der Waals surface area (Å²) in [6.45, 7) is 5.58. The normalized spacial score (nSPS) is 13.1. The number of aromatic amines is 1. The molecule has 0 spiro atoms. The number of para-hydroxylation sites is 1. The van der Waals surface area contributed by atoms with Crippen LogP contribution < -0.4 is 21.9 Å². The van der Waals surface area contributed by atoms with Gasteiger partial charge in [-0.05, 0) is 68.1 Å². The summed E-state index contributed by atoms with van der Waals surface area (Å²) < 4.78 is 0. The van der Waals surface area contributed by atoms with Crippen molar-refractivity contribution < 1.29 is 4.79 Å². The van der Waals surface area contributed by atoms with Gasteiger partial charge in [-0.3, -0.25) is 15.0 Å². The molecular weight excluding hydrogens is 440 g/mol. The Bertz CT molecular complexity index is 1190. The van der Waals surface area contributed by atoms with E-state index in [2.05, 4.69) is 37.6 Å². The van der Waals surface area contributed by atoms with E-state index in [1.807, 2.05) is 43.3 Å². The molecule has 0 radical (unpaired) electrons. The third-order valence-electron chi connectivity index (χ3n) is 6.32. The number of carbonyl (C=O) groups excluding carboxylic acids is 1. The zero-order valence-corrected chi connectivity index (χ0v) is 20.2. The highest BCUT2D eigenvalue weighted by Crippen LogP contribution is 2.32. The minimum absolute atomic E-state index is 0.0904. The van der Waals surface area contributed by atoms with E-state index >= 15 is 0 Å². The fourth-order valence-corrected chi connectivity index (χ4v) is 4.05. The maximum Gasteiger partial charge on any atom is 0.326 e. The number of rotatable bonds is 11. The highest BCUT2D eigenvalue weighted by Gasteiger charge is 2.21. The smallest absolute Gasteiger partial charge is 0.326 e. The van der Waals surface area contributed by atoms with Crippen molar-refractivity contribution in [2.75, 3.05) is 30.3 Å². The third kappa shape index (κ3) is 7.24. The highest BCUT2D eigenvalue weighted by molar-refractivity contribution is 5.99. The predicted molar refractivity (Wildman–Crippen MR) is 140 cm³/mol. The van der Waals surface area contributed by atoms with Crippen LogP contribution in [0.1, 0.15) is 36.8 Å². The lowest BCUT2D eigenvalue weighted by molar-refractivity contribution is 0.255. The molecule has 1 saturated carbocycles. The number of hydrogen-bond acceptors (Lipinski definition) is 5. The molecule has 0 saturated heterocycles. The molecule has 184 valence electrons. The summed E-state index contributed by atoms with van der Waals surface area (Å²) in [5, 5.41) is 5.33. The number of nitrogens with one attached hydrogen (secondary N) is 3. The van der Waals surface area contributed by atoms with Gasteiger partial charge in [0.1, 0.15) is 0 Å². The van der Waals surface area contributed by atoms with Gasteiger partial charge in [-0.25, -0.2) is 4.79 Å². The summed E-state index contributed by atoms with van der Waals surface area (Å²) in [6, 6.07) is 15.0. The van der Waals surface area contributed by atoms with Crippen LogP contribution in [0.25, 0.3) is 11.1 Å². The molecule has 0 aliphatic heterocycles. The minimum Gasteiger partial charge on any atom is -0.331 e.